The Hall–Kier alpha value is -1.45. The summed E-state index contributed by atoms with van der Waals surface area (Å²) in [4.78, 5) is 0. The number of benzene rings is 1. The number of alkyl halides is 3. The molecule has 1 aromatic carbocycles. The Morgan fingerprint density at radius 1 is 1.22 bits per heavy atom. The van der Waals surface area contributed by atoms with Crippen molar-refractivity contribution in [1.29, 1.82) is 0 Å². The Labute approximate surface area is 104 Å². The van der Waals surface area contributed by atoms with Crippen LogP contribution in [0.3, 0.4) is 0 Å². The van der Waals surface area contributed by atoms with Crippen molar-refractivity contribution in [3.63, 3.8) is 0 Å². The molecule has 1 unspecified atom stereocenters. The van der Waals surface area contributed by atoms with Crippen LogP contribution in [0.5, 0.6) is 5.75 Å². The van der Waals surface area contributed by atoms with Gasteiger partial charge >= 0.3 is 6.18 Å². The van der Waals surface area contributed by atoms with E-state index in [1.54, 1.807) is 6.07 Å². The number of ether oxygens (including phenoxy) is 1. The van der Waals surface area contributed by atoms with Gasteiger partial charge in [0.25, 0.3) is 0 Å². The average Bonchev–Trinajstić information content (AvgIpc) is 2.25. The monoisotopic (exact) mass is 256 g/mol. The Morgan fingerprint density at radius 3 is 2.44 bits per heavy atom. The van der Waals surface area contributed by atoms with Gasteiger partial charge in [0, 0.05) is 5.56 Å². The molecular formula is C14H15F3O. The first-order valence-corrected chi connectivity index (χ1v) is 5.85. The van der Waals surface area contributed by atoms with Crippen LogP contribution in [0.2, 0.25) is 0 Å². The fraction of sp³-hybridized carbons (Fsp3) is 0.429. The normalized spacial score (nSPS) is 18.7. The third kappa shape index (κ3) is 2.37. The van der Waals surface area contributed by atoms with Gasteiger partial charge in [-0.25, -0.2) is 0 Å². The van der Waals surface area contributed by atoms with Gasteiger partial charge in [0.15, 0.2) is 0 Å². The number of halogens is 3. The summed E-state index contributed by atoms with van der Waals surface area (Å²) in [5.74, 6) is 0.644. The number of rotatable bonds is 1. The van der Waals surface area contributed by atoms with Crippen LogP contribution in [0.25, 0.3) is 6.08 Å². The molecule has 0 radical (unpaired) electrons. The maximum atomic E-state index is 12.6. The van der Waals surface area contributed by atoms with E-state index in [1.807, 2.05) is 13.0 Å². The molecular weight excluding hydrogens is 241 g/mol. The van der Waals surface area contributed by atoms with Crippen LogP contribution in [-0.4, -0.2) is 12.3 Å². The molecule has 1 nitrogen and oxygen atoms in total. The van der Waals surface area contributed by atoms with Gasteiger partial charge in [-0.15, -0.1) is 0 Å². The van der Waals surface area contributed by atoms with Crippen molar-refractivity contribution in [1.82, 2.24) is 0 Å². The minimum Gasteiger partial charge on any atom is -0.476 e. The summed E-state index contributed by atoms with van der Waals surface area (Å²) in [5, 5.41) is 0. The number of fused-ring (bicyclic) bond motifs is 1. The summed E-state index contributed by atoms with van der Waals surface area (Å²) in [6, 6.07) is 3.59. The maximum Gasteiger partial charge on any atom is 0.429 e. The van der Waals surface area contributed by atoms with Crippen molar-refractivity contribution in [2.24, 2.45) is 0 Å². The summed E-state index contributed by atoms with van der Waals surface area (Å²) in [6.07, 6.45) is -3.66. The van der Waals surface area contributed by atoms with E-state index in [-0.39, 0.29) is 0 Å². The largest absolute Gasteiger partial charge is 0.476 e. The third-order valence-corrected chi connectivity index (χ3v) is 3.05. The molecule has 18 heavy (non-hydrogen) atoms. The standard InChI is InChI=1S/C14H15F3O/c1-8(2)11-7-10-4-5-13(14(15,16)17)18-12(10)6-9(11)3/h4-8,13H,1-3H3. The quantitative estimate of drug-likeness (QED) is 0.721. The van der Waals surface area contributed by atoms with Gasteiger partial charge in [-0.2, -0.15) is 13.2 Å². The van der Waals surface area contributed by atoms with Crippen molar-refractivity contribution in [3.8, 4) is 5.75 Å². The van der Waals surface area contributed by atoms with Crippen LogP contribution >= 0.6 is 0 Å². The Balaban J connectivity index is 2.39. The minimum absolute atomic E-state index is 0.307. The summed E-state index contributed by atoms with van der Waals surface area (Å²) in [6.45, 7) is 6.00. The van der Waals surface area contributed by atoms with Crippen LogP contribution in [0, 0.1) is 6.92 Å². The summed E-state index contributed by atoms with van der Waals surface area (Å²) in [7, 11) is 0. The lowest BCUT2D eigenvalue weighted by atomic mass is 9.94. The topological polar surface area (TPSA) is 9.23 Å². The molecule has 0 saturated heterocycles. The third-order valence-electron chi connectivity index (χ3n) is 3.05. The van der Waals surface area contributed by atoms with Gasteiger partial charge < -0.3 is 4.74 Å². The number of hydrogen-bond acceptors (Lipinski definition) is 1. The molecule has 1 aliphatic rings. The summed E-state index contributed by atoms with van der Waals surface area (Å²) in [5.41, 5.74) is 2.80. The van der Waals surface area contributed by atoms with E-state index < -0.39 is 12.3 Å². The zero-order valence-electron chi connectivity index (χ0n) is 10.5. The van der Waals surface area contributed by atoms with Gasteiger partial charge in [0.2, 0.25) is 6.10 Å². The van der Waals surface area contributed by atoms with Crippen molar-refractivity contribution >= 4 is 6.08 Å². The predicted molar refractivity (Wildman–Crippen MR) is 64.8 cm³/mol. The highest BCUT2D eigenvalue weighted by molar-refractivity contribution is 5.62. The fourth-order valence-electron chi connectivity index (χ4n) is 2.11. The van der Waals surface area contributed by atoms with E-state index in [0.29, 0.717) is 17.2 Å². The second kappa shape index (κ2) is 4.34. The average molecular weight is 256 g/mol. The van der Waals surface area contributed by atoms with Gasteiger partial charge in [-0.3, -0.25) is 0 Å². The molecule has 0 aromatic heterocycles. The zero-order valence-corrected chi connectivity index (χ0v) is 10.5. The van der Waals surface area contributed by atoms with Crippen molar-refractivity contribution in [3.05, 3.63) is 34.9 Å². The molecule has 98 valence electrons. The molecule has 1 aliphatic heterocycles. The molecule has 0 bridgehead atoms. The van der Waals surface area contributed by atoms with Crippen molar-refractivity contribution < 1.29 is 17.9 Å². The van der Waals surface area contributed by atoms with Gasteiger partial charge in [-0.1, -0.05) is 19.9 Å². The van der Waals surface area contributed by atoms with Crippen molar-refractivity contribution in [2.75, 3.05) is 0 Å². The Morgan fingerprint density at radius 2 is 1.89 bits per heavy atom. The van der Waals surface area contributed by atoms with Crippen LogP contribution in [-0.2, 0) is 0 Å². The lowest BCUT2D eigenvalue weighted by Gasteiger charge is -2.25. The molecule has 1 atom stereocenters. The molecule has 1 aromatic rings. The van der Waals surface area contributed by atoms with E-state index in [1.165, 1.54) is 6.08 Å². The first kappa shape index (κ1) is 13.0. The molecule has 0 N–H and O–H groups in total. The van der Waals surface area contributed by atoms with Crippen molar-refractivity contribution in [2.45, 2.75) is 39.0 Å². The second-order valence-electron chi connectivity index (χ2n) is 4.84. The van der Waals surface area contributed by atoms with Crippen LogP contribution in [0.4, 0.5) is 13.2 Å². The molecule has 0 fully saturated rings. The Kier molecular flexibility index (Phi) is 3.13. The van der Waals surface area contributed by atoms with Gasteiger partial charge in [-0.05, 0) is 42.2 Å². The molecule has 0 amide bonds. The highest BCUT2D eigenvalue weighted by Crippen LogP contribution is 2.36. The molecule has 2 rings (SSSR count). The number of aryl methyl sites for hydroxylation is 1. The van der Waals surface area contributed by atoms with Gasteiger partial charge in [0.05, 0.1) is 0 Å². The van der Waals surface area contributed by atoms with Gasteiger partial charge in [0.1, 0.15) is 5.75 Å². The first-order chi connectivity index (χ1) is 8.29. The highest BCUT2D eigenvalue weighted by Gasteiger charge is 2.41. The van der Waals surface area contributed by atoms with Crippen LogP contribution < -0.4 is 4.74 Å². The molecule has 0 saturated carbocycles. The zero-order chi connectivity index (χ0) is 13.5. The Bertz CT molecular complexity index is 487. The summed E-state index contributed by atoms with van der Waals surface area (Å²) < 4.78 is 42.7. The lowest BCUT2D eigenvalue weighted by Crippen LogP contribution is -2.33. The maximum absolute atomic E-state index is 12.6. The molecule has 0 aliphatic carbocycles. The van der Waals surface area contributed by atoms with E-state index in [4.69, 9.17) is 4.74 Å². The van der Waals surface area contributed by atoms with Crippen LogP contribution in [0.15, 0.2) is 18.2 Å². The van der Waals surface area contributed by atoms with E-state index in [0.717, 1.165) is 17.2 Å². The first-order valence-electron chi connectivity index (χ1n) is 5.85. The molecule has 0 spiro atoms. The summed E-state index contributed by atoms with van der Waals surface area (Å²) >= 11 is 0. The predicted octanol–water partition coefficient (Wildman–Crippen LogP) is 4.45. The van der Waals surface area contributed by atoms with E-state index in [2.05, 4.69) is 13.8 Å². The number of hydrogen-bond donors (Lipinski definition) is 0. The fourth-order valence-corrected chi connectivity index (χ4v) is 2.11. The SMILES string of the molecule is Cc1cc2c(cc1C(C)C)C=CC(C(F)(F)F)O2. The minimum atomic E-state index is -4.36. The van der Waals surface area contributed by atoms with E-state index >= 15 is 0 Å². The smallest absolute Gasteiger partial charge is 0.429 e. The van der Waals surface area contributed by atoms with Crippen LogP contribution in [0.1, 0.15) is 36.5 Å². The lowest BCUT2D eigenvalue weighted by molar-refractivity contribution is -0.180. The highest BCUT2D eigenvalue weighted by atomic mass is 19.4. The second-order valence-corrected chi connectivity index (χ2v) is 4.84. The molecule has 4 heteroatoms. The van der Waals surface area contributed by atoms with E-state index in [9.17, 15) is 13.2 Å². The molecule has 1 heterocycles.